The van der Waals surface area contributed by atoms with E-state index in [0.29, 0.717) is 6.54 Å². The number of hydrogen-bond acceptors (Lipinski definition) is 5. The van der Waals surface area contributed by atoms with Crippen molar-refractivity contribution in [3.63, 3.8) is 0 Å². The van der Waals surface area contributed by atoms with E-state index in [2.05, 4.69) is 5.32 Å². The summed E-state index contributed by atoms with van der Waals surface area (Å²) in [7, 11) is -0.791. The van der Waals surface area contributed by atoms with Gasteiger partial charge in [-0.05, 0) is 19.8 Å². The number of rotatable bonds is 7. The standard InChI is InChI=1S/C14H25N3O4S.ClH/c1-6-14(15,7-2)9-16-13(18)11-8-12(10(3)21-11)22(19,20)17(4)5;/h8H,6-7,9,15H2,1-5H3,(H,16,18);1H. The quantitative estimate of drug-likeness (QED) is 0.759. The van der Waals surface area contributed by atoms with Crippen LogP contribution in [0.15, 0.2) is 15.4 Å². The SMILES string of the molecule is CCC(N)(CC)CNC(=O)c1cc(S(=O)(=O)N(C)C)c(C)o1.Cl. The number of nitrogens with one attached hydrogen (secondary N) is 1. The lowest BCUT2D eigenvalue weighted by Gasteiger charge is -2.26. The summed E-state index contributed by atoms with van der Waals surface area (Å²) in [5.74, 6) is -0.323. The Morgan fingerprint density at radius 2 is 1.87 bits per heavy atom. The molecule has 3 N–H and O–H groups in total. The lowest BCUT2D eigenvalue weighted by molar-refractivity contribution is 0.0913. The first-order chi connectivity index (χ1) is 10.1. The number of sulfonamides is 1. The van der Waals surface area contributed by atoms with Crippen molar-refractivity contribution in [2.45, 2.75) is 44.0 Å². The summed E-state index contributed by atoms with van der Waals surface area (Å²) in [5, 5.41) is 2.70. The van der Waals surface area contributed by atoms with Gasteiger partial charge in [-0.1, -0.05) is 13.8 Å². The van der Waals surface area contributed by atoms with Crippen LogP contribution in [0.1, 0.15) is 43.0 Å². The van der Waals surface area contributed by atoms with E-state index >= 15 is 0 Å². The zero-order valence-electron chi connectivity index (χ0n) is 14.2. The minimum atomic E-state index is -3.64. The largest absolute Gasteiger partial charge is 0.455 e. The fourth-order valence-corrected chi connectivity index (χ4v) is 2.93. The van der Waals surface area contributed by atoms with E-state index < -0.39 is 21.5 Å². The maximum absolute atomic E-state index is 12.1. The number of carbonyl (C=O) groups excluding carboxylic acids is 1. The third-order valence-corrected chi connectivity index (χ3v) is 5.79. The number of aryl methyl sites for hydroxylation is 1. The summed E-state index contributed by atoms with van der Waals surface area (Å²) in [5.41, 5.74) is 5.64. The van der Waals surface area contributed by atoms with Crippen molar-refractivity contribution in [2.75, 3.05) is 20.6 Å². The zero-order chi connectivity index (χ0) is 17.1. The third-order valence-electron chi connectivity index (χ3n) is 3.86. The molecule has 134 valence electrons. The van der Waals surface area contributed by atoms with Crippen LogP contribution in [0, 0.1) is 6.92 Å². The van der Waals surface area contributed by atoms with Gasteiger partial charge < -0.3 is 15.5 Å². The molecule has 0 aliphatic heterocycles. The molecule has 0 atom stereocenters. The molecule has 0 unspecified atom stereocenters. The highest BCUT2D eigenvalue weighted by Crippen LogP contribution is 2.22. The van der Waals surface area contributed by atoms with Gasteiger partial charge in [0.05, 0.1) is 0 Å². The number of nitrogens with two attached hydrogens (primary N) is 1. The molecule has 0 saturated carbocycles. The van der Waals surface area contributed by atoms with Gasteiger partial charge in [-0.2, -0.15) is 0 Å². The smallest absolute Gasteiger partial charge is 0.287 e. The molecule has 0 radical (unpaired) electrons. The summed E-state index contributed by atoms with van der Waals surface area (Å²) in [6.45, 7) is 5.72. The van der Waals surface area contributed by atoms with Gasteiger partial charge in [0.25, 0.3) is 5.91 Å². The lowest BCUT2D eigenvalue weighted by Crippen LogP contribution is -2.49. The highest BCUT2D eigenvalue weighted by Gasteiger charge is 2.27. The molecule has 1 aromatic rings. The summed E-state index contributed by atoms with van der Waals surface area (Å²) in [6.07, 6.45) is 1.45. The van der Waals surface area contributed by atoms with Crippen molar-refractivity contribution in [2.24, 2.45) is 5.73 Å². The number of amides is 1. The van der Waals surface area contributed by atoms with E-state index in [1.165, 1.54) is 27.1 Å². The Morgan fingerprint density at radius 1 is 1.35 bits per heavy atom. The monoisotopic (exact) mass is 367 g/mol. The van der Waals surface area contributed by atoms with Crippen LogP contribution in [0.4, 0.5) is 0 Å². The number of carbonyl (C=O) groups is 1. The van der Waals surface area contributed by atoms with Crippen LogP contribution in [0.5, 0.6) is 0 Å². The predicted molar refractivity (Wildman–Crippen MR) is 91.4 cm³/mol. The second kappa shape index (κ2) is 8.14. The van der Waals surface area contributed by atoms with Crippen LogP contribution in [-0.4, -0.2) is 44.8 Å². The molecule has 0 bridgehead atoms. The Labute approximate surface area is 144 Å². The predicted octanol–water partition coefficient (Wildman–Crippen LogP) is 1.51. The van der Waals surface area contributed by atoms with Gasteiger partial charge >= 0.3 is 0 Å². The highest BCUT2D eigenvalue weighted by molar-refractivity contribution is 7.89. The second-order valence-electron chi connectivity index (χ2n) is 5.57. The van der Waals surface area contributed by atoms with Crippen LogP contribution < -0.4 is 11.1 Å². The zero-order valence-corrected chi connectivity index (χ0v) is 15.8. The third kappa shape index (κ3) is 4.94. The van der Waals surface area contributed by atoms with Crippen molar-refractivity contribution in [3.8, 4) is 0 Å². The van der Waals surface area contributed by atoms with Crippen molar-refractivity contribution < 1.29 is 17.6 Å². The molecule has 0 aliphatic rings. The van der Waals surface area contributed by atoms with E-state index in [4.69, 9.17) is 10.2 Å². The molecular formula is C14H26ClN3O4S. The summed E-state index contributed by atoms with van der Waals surface area (Å²) in [4.78, 5) is 12.1. The summed E-state index contributed by atoms with van der Waals surface area (Å²) >= 11 is 0. The molecule has 1 aromatic heterocycles. The van der Waals surface area contributed by atoms with Crippen LogP contribution in [0.2, 0.25) is 0 Å². The molecule has 23 heavy (non-hydrogen) atoms. The maximum atomic E-state index is 12.1. The van der Waals surface area contributed by atoms with Gasteiger partial charge in [0.15, 0.2) is 5.76 Å². The highest BCUT2D eigenvalue weighted by atomic mass is 35.5. The molecule has 0 fully saturated rings. The summed E-state index contributed by atoms with van der Waals surface area (Å²) in [6, 6.07) is 1.25. The maximum Gasteiger partial charge on any atom is 0.287 e. The minimum absolute atomic E-state index is 0. The molecule has 0 aromatic carbocycles. The van der Waals surface area contributed by atoms with Gasteiger partial charge in [0, 0.05) is 32.2 Å². The molecule has 1 rings (SSSR count). The number of halogens is 1. The number of hydrogen-bond donors (Lipinski definition) is 2. The Balaban J connectivity index is 0.00000484. The van der Waals surface area contributed by atoms with Crippen molar-refractivity contribution >= 4 is 28.3 Å². The Kier molecular flexibility index (Phi) is 7.75. The lowest BCUT2D eigenvalue weighted by atomic mass is 9.94. The molecule has 9 heteroatoms. The molecule has 0 spiro atoms. The first kappa shape index (κ1) is 21.9. The molecule has 0 aliphatic carbocycles. The second-order valence-corrected chi connectivity index (χ2v) is 7.69. The van der Waals surface area contributed by atoms with Crippen LogP contribution in [0.3, 0.4) is 0 Å². The van der Waals surface area contributed by atoms with Crippen molar-refractivity contribution in [1.29, 1.82) is 0 Å². The summed E-state index contributed by atoms with van der Waals surface area (Å²) < 4.78 is 30.6. The fraction of sp³-hybridized carbons (Fsp3) is 0.643. The number of nitrogens with zero attached hydrogens (tertiary/aromatic N) is 1. The topological polar surface area (TPSA) is 106 Å². The van der Waals surface area contributed by atoms with E-state index in [1.54, 1.807) is 0 Å². The fourth-order valence-electron chi connectivity index (χ4n) is 1.87. The number of furan rings is 1. The molecule has 7 nitrogen and oxygen atoms in total. The first-order valence-corrected chi connectivity index (χ1v) is 8.61. The van der Waals surface area contributed by atoms with Gasteiger partial charge in [-0.15, -0.1) is 12.4 Å². The molecule has 1 amide bonds. The van der Waals surface area contributed by atoms with Gasteiger partial charge in [0.2, 0.25) is 10.0 Å². The first-order valence-electron chi connectivity index (χ1n) is 7.17. The normalized spacial score (nSPS) is 12.1. The van der Waals surface area contributed by atoms with E-state index in [1.807, 2.05) is 13.8 Å². The van der Waals surface area contributed by atoms with Gasteiger partial charge in [-0.25, -0.2) is 12.7 Å². The van der Waals surface area contributed by atoms with Gasteiger partial charge in [-0.3, -0.25) is 4.79 Å². The molecule has 1 heterocycles. The van der Waals surface area contributed by atoms with E-state index in [0.717, 1.165) is 17.1 Å². The van der Waals surface area contributed by atoms with Crippen molar-refractivity contribution in [3.05, 3.63) is 17.6 Å². The minimum Gasteiger partial charge on any atom is -0.455 e. The molecular weight excluding hydrogens is 342 g/mol. The Morgan fingerprint density at radius 3 is 2.30 bits per heavy atom. The molecule has 0 saturated heterocycles. The van der Waals surface area contributed by atoms with Crippen LogP contribution >= 0.6 is 12.4 Å². The Bertz CT molecular complexity index is 636. The van der Waals surface area contributed by atoms with Gasteiger partial charge in [0.1, 0.15) is 10.7 Å². The van der Waals surface area contributed by atoms with Crippen LogP contribution in [-0.2, 0) is 10.0 Å². The average Bonchev–Trinajstić information content (AvgIpc) is 2.87. The average molecular weight is 368 g/mol. The van der Waals surface area contributed by atoms with E-state index in [9.17, 15) is 13.2 Å². The van der Waals surface area contributed by atoms with E-state index in [-0.39, 0.29) is 28.8 Å². The van der Waals surface area contributed by atoms with Crippen LogP contribution in [0.25, 0.3) is 0 Å². The van der Waals surface area contributed by atoms with Crippen molar-refractivity contribution in [1.82, 2.24) is 9.62 Å². The Hall–Kier alpha value is -1.09.